The number of nitrogens with zero attached hydrogens (tertiary/aromatic N) is 1. The van der Waals surface area contributed by atoms with Gasteiger partial charge in [0.05, 0.1) is 12.2 Å². The Kier molecular flexibility index (Phi) is 9.04. The summed E-state index contributed by atoms with van der Waals surface area (Å²) in [5, 5.41) is 0. The zero-order valence-corrected chi connectivity index (χ0v) is 21.2. The lowest BCUT2D eigenvalue weighted by Crippen LogP contribution is -2.21. The fraction of sp³-hybridized carbons (Fsp3) is 0.300. The lowest BCUT2D eigenvalue weighted by Gasteiger charge is -2.20. The number of carbonyl (C=O) groups is 1. The number of halogens is 1. The van der Waals surface area contributed by atoms with Crippen LogP contribution in [-0.4, -0.2) is 43.5 Å². The van der Waals surface area contributed by atoms with Crippen LogP contribution in [0.2, 0.25) is 0 Å². The summed E-state index contributed by atoms with van der Waals surface area (Å²) in [5.41, 5.74) is 3.24. The highest BCUT2D eigenvalue weighted by atomic mass is 35.5. The highest BCUT2D eigenvalue weighted by Crippen LogP contribution is 2.32. The topological polar surface area (TPSA) is 48.0 Å². The van der Waals surface area contributed by atoms with Gasteiger partial charge in [-0.3, -0.25) is 4.79 Å². The van der Waals surface area contributed by atoms with Crippen LogP contribution in [0.1, 0.15) is 40.7 Å². The lowest BCUT2D eigenvalue weighted by molar-refractivity contribution is 0.100. The average molecular weight is 506 g/mol. The summed E-state index contributed by atoms with van der Waals surface area (Å²) in [6.07, 6.45) is 5.57. The smallest absolute Gasteiger partial charge is 0.196 e. The largest absolute Gasteiger partial charge is 0.494 e. The quantitative estimate of drug-likeness (QED) is 0.255. The van der Waals surface area contributed by atoms with Crippen molar-refractivity contribution < 1.29 is 19.0 Å². The maximum Gasteiger partial charge on any atom is 0.196 e. The predicted octanol–water partition coefficient (Wildman–Crippen LogP) is 6.21. The molecule has 2 heterocycles. The summed E-state index contributed by atoms with van der Waals surface area (Å²) < 4.78 is 17.7. The number of hydrogen-bond acceptors (Lipinski definition) is 5. The van der Waals surface area contributed by atoms with Crippen molar-refractivity contribution in [2.45, 2.75) is 25.9 Å². The molecule has 6 heteroatoms. The van der Waals surface area contributed by atoms with Gasteiger partial charge >= 0.3 is 0 Å². The Morgan fingerprint density at radius 3 is 2.42 bits per heavy atom. The summed E-state index contributed by atoms with van der Waals surface area (Å²) in [4.78, 5) is 15.5. The first kappa shape index (κ1) is 25.8. The van der Waals surface area contributed by atoms with Crippen LogP contribution in [0.25, 0.3) is 6.08 Å². The second kappa shape index (κ2) is 12.6. The minimum absolute atomic E-state index is 0. The standard InChI is InChI=1S/C30H31NO4.ClH/c32-30-25(19-23-9-11-26(12-10-23)33-18-6-17-31-15-4-5-16-31)22-35-29-20-27(13-14-28(29)30)34-21-24-7-2-1-3-8-24;/h1-3,7-14,19-20H,4-6,15-18,21-22H2;1H/b25-19+;. The van der Waals surface area contributed by atoms with Crippen molar-refractivity contribution >= 4 is 24.3 Å². The van der Waals surface area contributed by atoms with Crippen LogP contribution in [0.4, 0.5) is 0 Å². The molecule has 3 aromatic rings. The van der Waals surface area contributed by atoms with Crippen molar-refractivity contribution in [2.24, 2.45) is 0 Å². The van der Waals surface area contributed by atoms with Gasteiger partial charge in [0.15, 0.2) is 5.78 Å². The number of fused-ring (bicyclic) bond motifs is 1. The number of rotatable bonds is 9. The predicted molar refractivity (Wildman–Crippen MR) is 144 cm³/mol. The highest BCUT2D eigenvalue weighted by Gasteiger charge is 2.24. The van der Waals surface area contributed by atoms with Crippen LogP contribution in [0.15, 0.2) is 78.4 Å². The number of ketones is 1. The van der Waals surface area contributed by atoms with Crippen LogP contribution in [0, 0.1) is 0 Å². The molecular formula is C30H32ClNO4. The zero-order valence-electron chi connectivity index (χ0n) is 20.4. The monoisotopic (exact) mass is 505 g/mol. The van der Waals surface area contributed by atoms with E-state index >= 15 is 0 Å². The third kappa shape index (κ3) is 6.68. The van der Waals surface area contributed by atoms with E-state index in [2.05, 4.69) is 4.90 Å². The lowest BCUT2D eigenvalue weighted by atomic mass is 9.98. The summed E-state index contributed by atoms with van der Waals surface area (Å²) in [6, 6.07) is 23.3. The molecule has 2 aliphatic heterocycles. The summed E-state index contributed by atoms with van der Waals surface area (Å²) in [7, 11) is 0. The molecule has 36 heavy (non-hydrogen) atoms. The molecule has 5 nitrogen and oxygen atoms in total. The summed E-state index contributed by atoms with van der Waals surface area (Å²) in [6.45, 7) is 4.98. The number of hydrogen-bond donors (Lipinski definition) is 0. The molecule has 5 rings (SSSR count). The minimum atomic E-state index is -0.0110. The van der Waals surface area contributed by atoms with Crippen LogP contribution in [-0.2, 0) is 6.61 Å². The van der Waals surface area contributed by atoms with Gasteiger partial charge < -0.3 is 19.1 Å². The summed E-state index contributed by atoms with van der Waals surface area (Å²) >= 11 is 0. The summed E-state index contributed by atoms with van der Waals surface area (Å²) in [5.74, 6) is 2.09. The molecule has 0 amide bonds. The molecule has 0 unspecified atom stereocenters. The van der Waals surface area contributed by atoms with Gasteiger partial charge in [0.2, 0.25) is 0 Å². The third-order valence-electron chi connectivity index (χ3n) is 6.43. The molecule has 2 aliphatic rings. The van der Waals surface area contributed by atoms with Crippen LogP contribution >= 0.6 is 12.4 Å². The molecule has 1 fully saturated rings. The van der Waals surface area contributed by atoms with E-state index in [4.69, 9.17) is 14.2 Å². The molecule has 0 radical (unpaired) electrons. The number of Topliss-reactive ketones (excluding diaryl/α,β-unsaturated/α-hetero) is 1. The Hall–Kier alpha value is -3.28. The molecule has 0 aliphatic carbocycles. The van der Waals surface area contributed by atoms with Gasteiger partial charge in [0, 0.05) is 18.2 Å². The molecule has 0 spiro atoms. The second-order valence-electron chi connectivity index (χ2n) is 9.04. The molecule has 0 aromatic heterocycles. The Morgan fingerprint density at radius 2 is 1.64 bits per heavy atom. The van der Waals surface area contributed by atoms with E-state index in [0.717, 1.165) is 36.4 Å². The number of carbonyl (C=O) groups excluding carboxylic acids is 1. The first-order chi connectivity index (χ1) is 17.2. The average Bonchev–Trinajstić information content (AvgIpc) is 3.42. The maximum absolute atomic E-state index is 13.0. The van der Waals surface area contributed by atoms with E-state index in [9.17, 15) is 4.79 Å². The molecule has 0 bridgehead atoms. The first-order valence-electron chi connectivity index (χ1n) is 12.4. The SMILES string of the molecule is Cl.O=C1/C(=C/c2ccc(OCCCN3CCCC3)cc2)COc2cc(OCc3ccccc3)ccc21. The first-order valence-corrected chi connectivity index (χ1v) is 12.4. The molecule has 0 atom stereocenters. The second-order valence-corrected chi connectivity index (χ2v) is 9.04. The molecule has 188 valence electrons. The van der Waals surface area contributed by atoms with Crippen molar-refractivity contribution in [1.29, 1.82) is 0 Å². The molecule has 0 N–H and O–H groups in total. The highest BCUT2D eigenvalue weighted by molar-refractivity contribution is 6.14. The number of ether oxygens (including phenoxy) is 3. The van der Waals surface area contributed by atoms with Gasteiger partial charge in [-0.1, -0.05) is 42.5 Å². The zero-order chi connectivity index (χ0) is 23.9. The van der Waals surface area contributed by atoms with E-state index in [-0.39, 0.29) is 24.8 Å². The van der Waals surface area contributed by atoms with Gasteiger partial charge in [0.25, 0.3) is 0 Å². The third-order valence-corrected chi connectivity index (χ3v) is 6.43. The number of benzene rings is 3. The Morgan fingerprint density at radius 1 is 0.889 bits per heavy atom. The fourth-order valence-electron chi connectivity index (χ4n) is 4.49. The van der Waals surface area contributed by atoms with Gasteiger partial charge in [-0.25, -0.2) is 0 Å². The molecule has 0 saturated carbocycles. The maximum atomic E-state index is 13.0. The van der Waals surface area contributed by atoms with E-state index in [1.165, 1.54) is 25.9 Å². The van der Waals surface area contributed by atoms with Gasteiger partial charge in [-0.15, -0.1) is 12.4 Å². The minimum Gasteiger partial charge on any atom is -0.494 e. The normalized spacial score (nSPS) is 16.2. The van der Waals surface area contributed by atoms with Crippen molar-refractivity contribution in [3.63, 3.8) is 0 Å². The van der Waals surface area contributed by atoms with Gasteiger partial charge in [-0.05, 0) is 73.8 Å². The Bertz CT molecular complexity index is 1170. The van der Waals surface area contributed by atoms with Crippen molar-refractivity contribution in [3.05, 3.63) is 95.1 Å². The Labute approximate surface area is 219 Å². The Balaban J connectivity index is 0.00000304. The van der Waals surface area contributed by atoms with Crippen LogP contribution in [0.5, 0.6) is 17.2 Å². The van der Waals surface area contributed by atoms with E-state index in [1.54, 1.807) is 12.1 Å². The van der Waals surface area contributed by atoms with E-state index < -0.39 is 0 Å². The molecule has 1 saturated heterocycles. The molecule has 3 aromatic carbocycles. The van der Waals surface area contributed by atoms with E-state index in [1.807, 2.05) is 66.7 Å². The number of likely N-dealkylation sites (tertiary alicyclic amines) is 1. The van der Waals surface area contributed by atoms with Crippen molar-refractivity contribution in [3.8, 4) is 17.2 Å². The van der Waals surface area contributed by atoms with Crippen LogP contribution < -0.4 is 14.2 Å². The van der Waals surface area contributed by atoms with Crippen molar-refractivity contribution in [1.82, 2.24) is 4.90 Å². The van der Waals surface area contributed by atoms with Gasteiger partial charge in [-0.2, -0.15) is 0 Å². The molecular weight excluding hydrogens is 474 g/mol. The van der Waals surface area contributed by atoms with Crippen molar-refractivity contribution in [2.75, 3.05) is 32.8 Å². The van der Waals surface area contributed by atoms with Gasteiger partial charge in [0.1, 0.15) is 30.5 Å². The fourth-order valence-corrected chi connectivity index (χ4v) is 4.49. The van der Waals surface area contributed by atoms with E-state index in [0.29, 0.717) is 29.2 Å². The van der Waals surface area contributed by atoms with Crippen LogP contribution in [0.3, 0.4) is 0 Å².